The summed E-state index contributed by atoms with van der Waals surface area (Å²) in [6.07, 6.45) is 1.20. The van der Waals surface area contributed by atoms with E-state index >= 15 is 0 Å². The lowest BCUT2D eigenvalue weighted by atomic mass is 10.1. The van der Waals surface area contributed by atoms with Crippen molar-refractivity contribution in [3.05, 3.63) is 0 Å². The van der Waals surface area contributed by atoms with Crippen molar-refractivity contribution in [2.75, 3.05) is 45.8 Å². The molecule has 17 heavy (non-hydrogen) atoms. The molecule has 1 amide bonds. The molecule has 1 aliphatic rings. The van der Waals surface area contributed by atoms with Gasteiger partial charge < -0.3 is 10.2 Å². The Kier molecular flexibility index (Phi) is 6.52. The normalized spacial score (nSPS) is 19.4. The molecule has 1 fully saturated rings. The maximum Gasteiger partial charge on any atom is 0.226 e. The molecule has 0 aromatic carbocycles. The van der Waals surface area contributed by atoms with Crippen LogP contribution in [0.5, 0.6) is 0 Å². The van der Waals surface area contributed by atoms with Gasteiger partial charge in [-0.1, -0.05) is 20.8 Å². The molecule has 0 aromatic rings. The Morgan fingerprint density at radius 2 is 1.88 bits per heavy atom. The molecule has 1 aliphatic heterocycles. The highest BCUT2D eigenvalue weighted by Crippen LogP contribution is 2.07. The van der Waals surface area contributed by atoms with E-state index in [4.69, 9.17) is 0 Å². The number of nitrogens with zero attached hydrogens (tertiary/aromatic N) is 2. The van der Waals surface area contributed by atoms with E-state index in [1.165, 1.54) is 6.42 Å². The van der Waals surface area contributed by atoms with Gasteiger partial charge in [0.1, 0.15) is 0 Å². The van der Waals surface area contributed by atoms with E-state index in [1.54, 1.807) is 0 Å². The third-order valence-electron chi connectivity index (χ3n) is 3.35. The summed E-state index contributed by atoms with van der Waals surface area (Å²) in [7, 11) is 0. The molecular weight excluding hydrogens is 214 g/mol. The summed E-state index contributed by atoms with van der Waals surface area (Å²) < 4.78 is 0. The Balaban J connectivity index is 2.30. The molecule has 4 heteroatoms. The number of amides is 1. The minimum absolute atomic E-state index is 0.104. The first-order valence-corrected chi connectivity index (χ1v) is 6.90. The number of hydrogen-bond donors (Lipinski definition) is 1. The fraction of sp³-hybridized carbons (Fsp3) is 0.923. The summed E-state index contributed by atoms with van der Waals surface area (Å²) in [5.74, 6) is 0.412. The molecule has 0 bridgehead atoms. The van der Waals surface area contributed by atoms with Crippen LogP contribution in [-0.2, 0) is 4.79 Å². The standard InChI is InChI=1S/C13H27N3O/c1-4-6-15-7-9-16(10-8-15)13(17)12(3)11-14-5-2/h12,14H,4-11H2,1-3H3. The molecule has 1 heterocycles. The Labute approximate surface area is 105 Å². The predicted octanol–water partition coefficient (Wildman–Crippen LogP) is 0.786. The van der Waals surface area contributed by atoms with E-state index < -0.39 is 0 Å². The number of carbonyl (C=O) groups excluding carboxylic acids is 1. The van der Waals surface area contributed by atoms with Gasteiger partial charge in [-0.15, -0.1) is 0 Å². The van der Waals surface area contributed by atoms with Crippen LogP contribution in [0, 0.1) is 5.92 Å². The molecule has 4 nitrogen and oxygen atoms in total. The average molecular weight is 241 g/mol. The number of carbonyl (C=O) groups is 1. The Morgan fingerprint density at radius 1 is 1.24 bits per heavy atom. The molecule has 1 atom stereocenters. The highest BCUT2D eigenvalue weighted by Gasteiger charge is 2.23. The Bertz CT molecular complexity index is 225. The topological polar surface area (TPSA) is 35.6 Å². The second-order valence-electron chi connectivity index (χ2n) is 4.88. The molecule has 1 rings (SSSR count). The first kappa shape index (κ1) is 14.5. The minimum Gasteiger partial charge on any atom is -0.340 e. The van der Waals surface area contributed by atoms with E-state index in [-0.39, 0.29) is 5.92 Å². The lowest BCUT2D eigenvalue weighted by molar-refractivity contribution is -0.136. The average Bonchev–Trinajstić information content (AvgIpc) is 2.36. The van der Waals surface area contributed by atoms with Crippen molar-refractivity contribution >= 4 is 5.91 Å². The van der Waals surface area contributed by atoms with Gasteiger partial charge in [0.15, 0.2) is 0 Å². The van der Waals surface area contributed by atoms with Crippen molar-refractivity contribution in [1.82, 2.24) is 15.1 Å². The summed E-state index contributed by atoms with van der Waals surface area (Å²) in [5.41, 5.74) is 0. The second kappa shape index (κ2) is 7.67. The van der Waals surface area contributed by atoms with Crippen molar-refractivity contribution in [3.63, 3.8) is 0 Å². The van der Waals surface area contributed by atoms with E-state index in [0.717, 1.165) is 45.8 Å². The van der Waals surface area contributed by atoms with Crippen molar-refractivity contribution < 1.29 is 4.79 Å². The SMILES string of the molecule is CCCN1CCN(C(=O)C(C)CNCC)CC1. The summed E-state index contributed by atoms with van der Waals surface area (Å²) in [6, 6.07) is 0. The molecule has 1 saturated heterocycles. The molecule has 1 unspecified atom stereocenters. The summed E-state index contributed by atoms with van der Waals surface area (Å²) in [5, 5.41) is 3.24. The highest BCUT2D eigenvalue weighted by molar-refractivity contribution is 5.78. The van der Waals surface area contributed by atoms with Crippen LogP contribution in [0.2, 0.25) is 0 Å². The third kappa shape index (κ3) is 4.64. The van der Waals surface area contributed by atoms with Gasteiger partial charge in [-0.25, -0.2) is 0 Å². The predicted molar refractivity (Wildman–Crippen MR) is 71.0 cm³/mol. The van der Waals surface area contributed by atoms with Crippen molar-refractivity contribution in [3.8, 4) is 0 Å². The van der Waals surface area contributed by atoms with Crippen LogP contribution in [-0.4, -0.2) is 61.5 Å². The van der Waals surface area contributed by atoms with Crippen molar-refractivity contribution in [2.24, 2.45) is 5.92 Å². The van der Waals surface area contributed by atoms with Gasteiger partial charge >= 0.3 is 0 Å². The molecule has 0 saturated carbocycles. The summed E-state index contributed by atoms with van der Waals surface area (Å²) in [6.45, 7) is 13.0. The maximum atomic E-state index is 12.1. The van der Waals surface area contributed by atoms with E-state index in [0.29, 0.717) is 5.91 Å². The smallest absolute Gasteiger partial charge is 0.226 e. The maximum absolute atomic E-state index is 12.1. The molecular formula is C13H27N3O. The zero-order chi connectivity index (χ0) is 12.7. The third-order valence-corrected chi connectivity index (χ3v) is 3.35. The monoisotopic (exact) mass is 241 g/mol. The van der Waals surface area contributed by atoms with Crippen LogP contribution < -0.4 is 5.32 Å². The molecule has 0 spiro atoms. The first-order chi connectivity index (χ1) is 8.19. The first-order valence-electron chi connectivity index (χ1n) is 6.90. The van der Waals surface area contributed by atoms with Crippen molar-refractivity contribution in [2.45, 2.75) is 27.2 Å². The fourth-order valence-corrected chi connectivity index (χ4v) is 2.27. The largest absolute Gasteiger partial charge is 0.340 e. The van der Waals surface area contributed by atoms with Crippen LogP contribution in [0.25, 0.3) is 0 Å². The van der Waals surface area contributed by atoms with Gasteiger partial charge in [-0.2, -0.15) is 0 Å². The number of nitrogens with one attached hydrogen (secondary N) is 1. The fourth-order valence-electron chi connectivity index (χ4n) is 2.27. The lowest BCUT2D eigenvalue weighted by Gasteiger charge is -2.35. The van der Waals surface area contributed by atoms with Gasteiger partial charge in [0.2, 0.25) is 5.91 Å². The number of piperazine rings is 1. The lowest BCUT2D eigenvalue weighted by Crippen LogP contribution is -2.51. The zero-order valence-electron chi connectivity index (χ0n) is 11.5. The molecule has 100 valence electrons. The van der Waals surface area contributed by atoms with E-state index in [1.807, 2.05) is 11.8 Å². The molecule has 0 radical (unpaired) electrons. The molecule has 0 aliphatic carbocycles. The highest BCUT2D eigenvalue weighted by atomic mass is 16.2. The number of hydrogen-bond acceptors (Lipinski definition) is 3. The van der Waals surface area contributed by atoms with Crippen LogP contribution in [0.15, 0.2) is 0 Å². The van der Waals surface area contributed by atoms with E-state index in [2.05, 4.69) is 24.1 Å². The van der Waals surface area contributed by atoms with Crippen LogP contribution in [0.4, 0.5) is 0 Å². The van der Waals surface area contributed by atoms with Crippen LogP contribution in [0.3, 0.4) is 0 Å². The van der Waals surface area contributed by atoms with Gasteiger partial charge in [0.05, 0.1) is 0 Å². The van der Waals surface area contributed by atoms with Gasteiger partial charge in [-0.3, -0.25) is 9.69 Å². The van der Waals surface area contributed by atoms with Gasteiger partial charge in [0.25, 0.3) is 0 Å². The van der Waals surface area contributed by atoms with Crippen LogP contribution >= 0.6 is 0 Å². The molecule has 0 aromatic heterocycles. The Morgan fingerprint density at radius 3 is 2.41 bits per heavy atom. The van der Waals surface area contributed by atoms with Gasteiger partial charge in [0, 0.05) is 38.6 Å². The second-order valence-corrected chi connectivity index (χ2v) is 4.88. The minimum atomic E-state index is 0.104. The van der Waals surface area contributed by atoms with Crippen LogP contribution in [0.1, 0.15) is 27.2 Å². The number of rotatable bonds is 6. The van der Waals surface area contributed by atoms with Crippen molar-refractivity contribution in [1.29, 1.82) is 0 Å². The zero-order valence-corrected chi connectivity index (χ0v) is 11.5. The van der Waals surface area contributed by atoms with Gasteiger partial charge in [-0.05, 0) is 19.5 Å². The van der Waals surface area contributed by atoms with E-state index in [9.17, 15) is 4.79 Å². The Hall–Kier alpha value is -0.610. The molecule has 1 N–H and O–H groups in total. The quantitative estimate of drug-likeness (QED) is 0.747. The summed E-state index contributed by atoms with van der Waals surface area (Å²) in [4.78, 5) is 16.6. The summed E-state index contributed by atoms with van der Waals surface area (Å²) >= 11 is 0.